The number of anilines is 1. The average molecular weight is 403 g/mol. The van der Waals surface area contributed by atoms with Crippen molar-refractivity contribution in [3.05, 3.63) is 53.1 Å². The molecule has 1 aliphatic heterocycles. The van der Waals surface area contributed by atoms with E-state index in [1.165, 1.54) is 10.4 Å². The highest BCUT2D eigenvalue weighted by Gasteiger charge is 2.30. The molecular formula is C21H26N2O4S. The maximum atomic E-state index is 13.1. The van der Waals surface area contributed by atoms with E-state index in [9.17, 15) is 13.2 Å². The van der Waals surface area contributed by atoms with Crippen molar-refractivity contribution < 1.29 is 17.9 Å². The average Bonchev–Trinajstić information content (AvgIpc) is 3.18. The van der Waals surface area contributed by atoms with Crippen LogP contribution in [0.3, 0.4) is 0 Å². The molecule has 7 heteroatoms. The highest BCUT2D eigenvalue weighted by Crippen LogP contribution is 2.32. The van der Waals surface area contributed by atoms with Crippen LogP contribution in [0.1, 0.15) is 41.3 Å². The molecule has 150 valence electrons. The van der Waals surface area contributed by atoms with Gasteiger partial charge in [-0.3, -0.25) is 4.79 Å². The van der Waals surface area contributed by atoms with E-state index in [4.69, 9.17) is 4.74 Å². The maximum Gasteiger partial charge on any atom is 0.255 e. The van der Waals surface area contributed by atoms with Gasteiger partial charge >= 0.3 is 0 Å². The first kappa shape index (κ1) is 20.4. The zero-order chi connectivity index (χ0) is 20.3. The van der Waals surface area contributed by atoms with E-state index in [-0.39, 0.29) is 10.8 Å². The number of hydrogen-bond acceptors (Lipinski definition) is 4. The van der Waals surface area contributed by atoms with E-state index in [0.29, 0.717) is 36.7 Å². The highest BCUT2D eigenvalue weighted by atomic mass is 32.2. The maximum absolute atomic E-state index is 13.1. The first-order chi connectivity index (χ1) is 13.3. The molecule has 0 aliphatic carbocycles. The molecule has 0 saturated carbocycles. The first-order valence-corrected chi connectivity index (χ1v) is 10.9. The number of nitrogens with zero attached hydrogens (tertiary/aromatic N) is 1. The van der Waals surface area contributed by atoms with E-state index in [2.05, 4.69) is 5.32 Å². The Morgan fingerprint density at radius 3 is 2.46 bits per heavy atom. The van der Waals surface area contributed by atoms with Gasteiger partial charge in [-0.2, -0.15) is 4.31 Å². The van der Waals surface area contributed by atoms with Crippen LogP contribution < -0.4 is 10.1 Å². The van der Waals surface area contributed by atoms with Crippen molar-refractivity contribution in [2.45, 2.75) is 38.5 Å². The van der Waals surface area contributed by atoms with Crippen LogP contribution in [0.4, 0.5) is 5.69 Å². The van der Waals surface area contributed by atoms with Gasteiger partial charge < -0.3 is 10.1 Å². The number of rotatable bonds is 6. The number of benzene rings is 2. The monoisotopic (exact) mass is 402 g/mol. The second kappa shape index (κ2) is 8.32. The Labute approximate surface area is 166 Å². The van der Waals surface area contributed by atoms with E-state index in [1.54, 1.807) is 18.2 Å². The molecule has 0 unspecified atom stereocenters. The molecule has 1 heterocycles. The number of nitrogens with one attached hydrogen (secondary N) is 1. The molecule has 0 radical (unpaired) electrons. The molecule has 0 spiro atoms. The van der Waals surface area contributed by atoms with Crippen LogP contribution in [0.2, 0.25) is 0 Å². The SMILES string of the molecule is CCOc1ccc(NC(=O)c2ccc(C)cc2C)cc1S(=O)(=O)N1CCCC1. The lowest BCUT2D eigenvalue weighted by Crippen LogP contribution is -2.28. The molecule has 1 N–H and O–H groups in total. The number of hydrogen-bond donors (Lipinski definition) is 1. The van der Waals surface area contributed by atoms with Gasteiger partial charge in [0, 0.05) is 24.3 Å². The molecule has 0 aromatic heterocycles. The Morgan fingerprint density at radius 1 is 1.11 bits per heavy atom. The summed E-state index contributed by atoms with van der Waals surface area (Å²) in [6.07, 6.45) is 1.71. The molecule has 0 bridgehead atoms. The van der Waals surface area contributed by atoms with Gasteiger partial charge in [0.2, 0.25) is 10.0 Å². The van der Waals surface area contributed by atoms with Crippen molar-refractivity contribution in [3.63, 3.8) is 0 Å². The summed E-state index contributed by atoms with van der Waals surface area (Å²) in [6.45, 7) is 7.03. The molecule has 2 aromatic carbocycles. The Balaban J connectivity index is 1.93. The number of aryl methyl sites for hydroxylation is 2. The van der Waals surface area contributed by atoms with Crippen molar-refractivity contribution in [1.29, 1.82) is 0 Å². The number of ether oxygens (including phenoxy) is 1. The van der Waals surface area contributed by atoms with E-state index < -0.39 is 10.0 Å². The van der Waals surface area contributed by atoms with Crippen molar-refractivity contribution in [3.8, 4) is 5.75 Å². The Bertz CT molecular complexity index is 980. The lowest BCUT2D eigenvalue weighted by atomic mass is 10.1. The summed E-state index contributed by atoms with van der Waals surface area (Å²) in [5.74, 6) is 0.0325. The topological polar surface area (TPSA) is 75.7 Å². The van der Waals surface area contributed by atoms with Gasteiger partial charge in [0.15, 0.2) is 0 Å². The lowest BCUT2D eigenvalue weighted by molar-refractivity contribution is 0.102. The van der Waals surface area contributed by atoms with Crippen LogP contribution >= 0.6 is 0 Å². The fraction of sp³-hybridized carbons (Fsp3) is 0.381. The van der Waals surface area contributed by atoms with Crippen LogP contribution in [0.25, 0.3) is 0 Å². The molecular weight excluding hydrogens is 376 g/mol. The molecule has 0 atom stereocenters. The predicted octanol–water partition coefficient (Wildman–Crippen LogP) is 3.74. The quantitative estimate of drug-likeness (QED) is 0.799. The van der Waals surface area contributed by atoms with Gasteiger partial charge in [-0.25, -0.2) is 8.42 Å². The Kier molecular flexibility index (Phi) is 6.05. The van der Waals surface area contributed by atoms with Crippen molar-refractivity contribution in [2.24, 2.45) is 0 Å². The number of carbonyl (C=O) groups is 1. The minimum Gasteiger partial charge on any atom is -0.492 e. The summed E-state index contributed by atoms with van der Waals surface area (Å²) in [5, 5.41) is 2.81. The second-order valence-corrected chi connectivity index (χ2v) is 8.88. The smallest absolute Gasteiger partial charge is 0.255 e. The summed E-state index contributed by atoms with van der Waals surface area (Å²) >= 11 is 0. The summed E-state index contributed by atoms with van der Waals surface area (Å²) < 4.78 is 33.1. The van der Waals surface area contributed by atoms with Crippen LogP contribution in [0.15, 0.2) is 41.3 Å². The van der Waals surface area contributed by atoms with Crippen LogP contribution in [-0.2, 0) is 10.0 Å². The summed E-state index contributed by atoms with van der Waals surface area (Å²) in [4.78, 5) is 12.8. The van der Waals surface area contributed by atoms with Crippen molar-refractivity contribution >= 4 is 21.6 Å². The Morgan fingerprint density at radius 2 is 1.82 bits per heavy atom. The standard InChI is InChI=1S/C21H26N2O4S/c1-4-27-19-10-8-17(14-20(19)28(25,26)23-11-5-6-12-23)22-21(24)18-9-7-15(2)13-16(18)3/h7-10,13-14H,4-6,11-12H2,1-3H3,(H,22,24). The number of amides is 1. The number of sulfonamides is 1. The fourth-order valence-electron chi connectivity index (χ4n) is 3.40. The Hall–Kier alpha value is -2.38. The normalized spacial score (nSPS) is 14.8. The third-order valence-electron chi connectivity index (χ3n) is 4.81. The fourth-order valence-corrected chi connectivity index (χ4v) is 5.07. The zero-order valence-electron chi connectivity index (χ0n) is 16.5. The third kappa shape index (κ3) is 4.20. The summed E-state index contributed by atoms with van der Waals surface area (Å²) in [5.41, 5.74) is 2.93. The highest BCUT2D eigenvalue weighted by molar-refractivity contribution is 7.89. The van der Waals surface area contributed by atoms with Gasteiger partial charge in [0.05, 0.1) is 6.61 Å². The van der Waals surface area contributed by atoms with Gasteiger partial charge in [-0.1, -0.05) is 17.7 Å². The summed E-state index contributed by atoms with van der Waals surface area (Å²) in [7, 11) is -3.67. The third-order valence-corrected chi connectivity index (χ3v) is 6.73. The van der Waals surface area contributed by atoms with E-state index in [0.717, 1.165) is 24.0 Å². The minimum absolute atomic E-state index is 0.0923. The van der Waals surface area contributed by atoms with E-state index >= 15 is 0 Å². The van der Waals surface area contributed by atoms with Crippen LogP contribution in [0.5, 0.6) is 5.75 Å². The van der Waals surface area contributed by atoms with Gasteiger partial charge in [-0.15, -0.1) is 0 Å². The van der Waals surface area contributed by atoms with Crippen LogP contribution in [-0.4, -0.2) is 38.3 Å². The van der Waals surface area contributed by atoms with Crippen molar-refractivity contribution in [1.82, 2.24) is 4.31 Å². The van der Waals surface area contributed by atoms with Crippen molar-refractivity contribution in [2.75, 3.05) is 25.0 Å². The minimum atomic E-state index is -3.67. The molecule has 1 amide bonds. The molecule has 1 aliphatic rings. The van der Waals surface area contributed by atoms with Gasteiger partial charge in [0.1, 0.15) is 10.6 Å². The first-order valence-electron chi connectivity index (χ1n) is 9.48. The number of carbonyl (C=O) groups excluding carboxylic acids is 1. The molecule has 28 heavy (non-hydrogen) atoms. The van der Waals surface area contributed by atoms with Gasteiger partial charge in [0.25, 0.3) is 5.91 Å². The second-order valence-electron chi connectivity index (χ2n) is 6.98. The predicted molar refractivity (Wildman–Crippen MR) is 109 cm³/mol. The molecule has 6 nitrogen and oxygen atoms in total. The molecule has 2 aromatic rings. The zero-order valence-corrected chi connectivity index (χ0v) is 17.3. The summed E-state index contributed by atoms with van der Waals surface area (Å²) in [6, 6.07) is 10.3. The van der Waals surface area contributed by atoms with E-state index in [1.807, 2.05) is 32.9 Å². The molecule has 3 rings (SSSR count). The largest absolute Gasteiger partial charge is 0.492 e. The van der Waals surface area contributed by atoms with Crippen LogP contribution in [0, 0.1) is 13.8 Å². The molecule has 1 saturated heterocycles. The lowest BCUT2D eigenvalue weighted by Gasteiger charge is -2.19. The van der Waals surface area contributed by atoms with Gasteiger partial charge in [-0.05, 0) is 63.4 Å². The molecule has 1 fully saturated rings.